The van der Waals surface area contributed by atoms with E-state index in [0.29, 0.717) is 5.88 Å². The molecular weight excluding hydrogens is 140 g/mol. The quantitative estimate of drug-likeness (QED) is 0.648. The number of hydrogen-bond donors (Lipinski definition) is 2. The third kappa shape index (κ3) is 2.80. The van der Waals surface area contributed by atoms with Gasteiger partial charge in [-0.1, -0.05) is 13.8 Å². The van der Waals surface area contributed by atoms with Gasteiger partial charge in [-0.2, -0.15) is 0 Å². The van der Waals surface area contributed by atoms with E-state index in [0.717, 1.165) is 5.56 Å². The van der Waals surface area contributed by atoms with E-state index in [1.54, 1.807) is 12.1 Å². The van der Waals surface area contributed by atoms with Crippen LogP contribution in [-0.4, -0.2) is 0 Å². The molecule has 0 bridgehead atoms. The molecule has 1 heterocycles. The average Bonchev–Trinajstić information content (AvgIpc) is 2.42. The first-order valence-electron chi connectivity index (χ1n) is 3.56. The summed E-state index contributed by atoms with van der Waals surface area (Å²) in [6.07, 6.45) is 4.62. The van der Waals surface area contributed by atoms with E-state index in [4.69, 9.17) is 15.9 Å². The molecule has 1 aromatic heterocycles. The molecule has 0 atom stereocenters. The van der Waals surface area contributed by atoms with E-state index in [2.05, 4.69) is 0 Å². The van der Waals surface area contributed by atoms with Crippen molar-refractivity contribution in [3.8, 4) is 0 Å². The number of nitrogens with two attached hydrogens (primary N) is 2. The van der Waals surface area contributed by atoms with Gasteiger partial charge in [0, 0.05) is 5.56 Å². The Labute approximate surface area is 66.7 Å². The molecule has 3 nitrogen and oxygen atoms in total. The van der Waals surface area contributed by atoms with Crippen LogP contribution in [0, 0.1) is 0 Å². The average molecular weight is 154 g/mol. The summed E-state index contributed by atoms with van der Waals surface area (Å²) in [7, 11) is 0. The van der Waals surface area contributed by atoms with Crippen molar-refractivity contribution in [2.75, 3.05) is 5.73 Å². The molecule has 1 aromatic rings. The molecule has 0 radical (unpaired) electrons. The van der Waals surface area contributed by atoms with Gasteiger partial charge in [0.15, 0.2) is 5.88 Å². The SMILES string of the molecule is CC.N/C=C\c1ccoc1N. The molecule has 0 aromatic carbocycles. The van der Waals surface area contributed by atoms with Gasteiger partial charge in [-0.25, -0.2) is 0 Å². The smallest absolute Gasteiger partial charge is 0.197 e. The third-order valence-electron chi connectivity index (χ3n) is 1.00. The Hall–Kier alpha value is -1.38. The zero-order valence-electron chi connectivity index (χ0n) is 6.87. The summed E-state index contributed by atoms with van der Waals surface area (Å²) in [5, 5.41) is 0. The lowest BCUT2D eigenvalue weighted by Crippen LogP contribution is -1.83. The van der Waals surface area contributed by atoms with Crippen LogP contribution in [0.25, 0.3) is 6.08 Å². The molecule has 0 aliphatic carbocycles. The van der Waals surface area contributed by atoms with Gasteiger partial charge >= 0.3 is 0 Å². The molecule has 3 heteroatoms. The molecule has 0 aliphatic rings. The van der Waals surface area contributed by atoms with Crippen LogP contribution in [0.5, 0.6) is 0 Å². The summed E-state index contributed by atoms with van der Waals surface area (Å²) in [6, 6.07) is 1.75. The molecule has 0 unspecified atom stereocenters. The second kappa shape index (κ2) is 5.41. The van der Waals surface area contributed by atoms with Gasteiger partial charge < -0.3 is 15.9 Å². The summed E-state index contributed by atoms with van der Waals surface area (Å²) in [4.78, 5) is 0. The first-order chi connectivity index (χ1) is 5.34. The maximum atomic E-state index is 5.35. The number of rotatable bonds is 1. The molecule has 1 rings (SSSR count). The minimum atomic E-state index is 0.400. The van der Waals surface area contributed by atoms with Crippen LogP contribution >= 0.6 is 0 Å². The van der Waals surface area contributed by atoms with Crippen LogP contribution in [-0.2, 0) is 0 Å². The Morgan fingerprint density at radius 3 is 2.45 bits per heavy atom. The molecule has 0 saturated carbocycles. The standard InChI is InChI=1S/C6H8N2O.C2H6/c7-3-1-5-2-4-9-6(5)8;1-2/h1-4H,7-8H2;1-2H3/b3-1-;. The van der Waals surface area contributed by atoms with Crippen LogP contribution in [0.4, 0.5) is 5.88 Å². The molecule has 0 fully saturated rings. The fourth-order valence-corrected chi connectivity index (χ4v) is 0.572. The maximum Gasteiger partial charge on any atom is 0.197 e. The highest BCUT2D eigenvalue weighted by Gasteiger charge is 1.94. The van der Waals surface area contributed by atoms with Gasteiger partial charge in [-0.15, -0.1) is 0 Å². The van der Waals surface area contributed by atoms with Gasteiger partial charge in [0.1, 0.15) is 0 Å². The van der Waals surface area contributed by atoms with E-state index in [1.165, 1.54) is 12.5 Å². The Bertz CT molecular complexity index is 216. The van der Waals surface area contributed by atoms with Crippen LogP contribution in [0.1, 0.15) is 19.4 Å². The first kappa shape index (κ1) is 9.62. The van der Waals surface area contributed by atoms with Crippen molar-refractivity contribution in [2.24, 2.45) is 5.73 Å². The Kier molecular flexibility index (Phi) is 4.73. The maximum absolute atomic E-state index is 5.35. The Morgan fingerprint density at radius 1 is 1.45 bits per heavy atom. The molecule has 0 spiro atoms. The van der Waals surface area contributed by atoms with Gasteiger partial charge in [-0.3, -0.25) is 0 Å². The summed E-state index contributed by atoms with van der Waals surface area (Å²) in [5.74, 6) is 0.400. The van der Waals surface area contributed by atoms with Crippen LogP contribution in [0.2, 0.25) is 0 Å². The van der Waals surface area contributed by atoms with Crippen LogP contribution in [0.3, 0.4) is 0 Å². The summed E-state index contributed by atoms with van der Waals surface area (Å²) in [5.41, 5.74) is 11.3. The van der Waals surface area contributed by atoms with Crippen LogP contribution in [0.15, 0.2) is 22.9 Å². The predicted octanol–water partition coefficient (Wildman–Crippen LogP) is 1.82. The molecule has 0 saturated heterocycles. The minimum Gasteiger partial charge on any atom is -0.449 e. The topological polar surface area (TPSA) is 65.2 Å². The van der Waals surface area contributed by atoms with E-state index < -0.39 is 0 Å². The zero-order valence-corrected chi connectivity index (χ0v) is 6.87. The van der Waals surface area contributed by atoms with E-state index in [-0.39, 0.29) is 0 Å². The fraction of sp³-hybridized carbons (Fsp3) is 0.250. The summed E-state index contributed by atoms with van der Waals surface area (Å²) in [6.45, 7) is 4.00. The molecule has 0 amide bonds. The molecule has 62 valence electrons. The highest BCUT2D eigenvalue weighted by atomic mass is 16.3. The summed E-state index contributed by atoms with van der Waals surface area (Å²) >= 11 is 0. The number of hydrogen-bond acceptors (Lipinski definition) is 3. The highest BCUT2D eigenvalue weighted by molar-refractivity contribution is 5.58. The van der Waals surface area contributed by atoms with Crippen molar-refractivity contribution in [2.45, 2.75) is 13.8 Å². The lowest BCUT2D eigenvalue weighted by atomic mass is 10.3. The highest BCUT2D eigenvalue weighted by Crippen LogP contribution is 2.12. The molecular formula is C8H14N2O. The third-order valence-corrected chi connectivity index (χ3v) is 1.00. The van der Waals surface area contributed by atoms with Crippen molar-refractivity contribution >= 4 is 12.0 Å². The van der Waals surface area contributed by atoms with Crippen molar-refractivity contribution in [1.82, 2.24) is 0 Å². The van der Waals surface area contributed by atoms with Gasteiger partial charge in [0.05, 0.1) is 6.26 Å². The monoisotopic (exact) mass is 154 g/mol. The number of furan rings is 1. The number of anilines is 1. The fourth-order valence-electron chi connectivity index (χ4n) is 0.572. The second-order valence-electron chi connectivity index (χ2n) is 1.60. The van der Waals surface area contributed by atoms with Crippen LogP contribution < -0.4 is 11.5 Å². The normalized spacial score (nSPS) is 9.27. The Balaban J connectivity index is 0.000000461. The van der Waals surface area contributed by atoms with Gasteiger partial charge in [-0.05, 0) is 18.3 Å². The molecule has 0 aliphatic heterocycles. The Morgan fingerprint density at radius 2 is 2.09 bits per heavy atom. The largest absolute Gasteiger partial charge is 0.449 e. The van der Waals surface area contributed by atoms with Crippen molar-refractivity contribution in [3.05, 3.63) is 24.1 Å². The van der Waals surface area contributed by atoms with E-state index in [1.807, 2.05) is 13.8 Å². The minimum absolute atomic E-state index is 0.400. The second-order valence-corrected chi connectivity index (χ2v) is 1.60. The van der Waals surface area contributed by atoms with E-state index in [9.17, 15) is 0 Å². The lowest BCUT2D eigenvalue weighted by Gasteiger charge is -1.84. The van der Waals surface area contributed by atoms with Crippen molar-refractivity contribution < 1.29 is 4.42 Å². The van der Waals surface area contributed by atoms with Gasteiger partial charge in [0.25, 0.3) is 0 Å². The van der Waals surface area contributed by atoms with Crippen molar-refractivity contribution in [3.63, 3.8) is 0 Å². The molecule has 11 heavy (non-hydrogen) atoms. The molecule has 4 N–H and O–H groups in total. The van der Waals surface area contributed by atoms with E-state index >= 15 is 0 Å². The lowest BCUT2D eigenvalue weighted by molar-refractivity contribution is 0.587. The van der Waals surface area contributed by atoms with Crippen molar-refractivity contribution in [1.29, 1.82) is 0 Å². The zero-order chi connectivity index (χ0) is 8.69. The predicted molar refractivity (Wildman–Crippen MR) is 47.7 cm³/mol. The number of nitrogen functional groups attached to an aromatic ring is 1. The van der Waals surface area contributed by atoms with Gasteiger partial charge in [0.2, 0.25) is 0 Å². The first-order valence-corrected chi connectivity index (χ1v) is 3.56. The summed E-state index contributed by atoms with van der Waals surface area (Å²) < 4.78 is 4.79.